The van der Waals surface area contributed by atoms with E-state index in [0.29, 0.717) is 13.0 Å². The van der Waals surface area contributed by atoms with Gasteiger partial charge in [-0.15, -0.1) is 0 Å². The van der Waals surface area contributed by atoms with Crippen LogP contribution in [0.4, 0.5) is 0 Å². The van der Waals surface area contributed by atoms with Crippen molar-refractivity contribution in [3.05, 3.63) is 66.4 Å². The molecule has 0 saturated carbocycles. The van der Waals surface area contributed by atoms with Crippen molar-refractivity contribution in [1.29, 1.82) is 0 Å². The highest BCUT2D eigenvalue weighted by Crippen LogP contribution is 2.15. The summed E-state index contributed by atoms with van der Waals surface area (Å²) in [5.41, 5.74) is 2.14. The van der Waals surface area contributed by atoms with E-state index >= 15 is 0 Å². The summed E-state index contributed by atoms with van der Waals surface area (Å²) in [6.45, 7) is 1.37. The van der Waals surface area contributed by atoms with E-state index < -0.39 is 0 Å². The summed E-state index contributed by atoms with van der Waals surface area (Å²) in [4.78, 5) is 12.0. The monoisotopic (exact) mass is 308 g/mol. The maximum atomic E-state index is 12.0. The third-order valence-electron chi connectivity index (χ3n) is 3.85. The van der Waals surface area contributed by atoms with Gasteiger partial charge < -0.3 is 14.6 Å². The zero-order chi connectivity index (χ0) is 16.1. The van der Waals surface area contributed by atoms with Crippen LogP contribution < -0.4 is 10.1 Å². The topological polar surface area (TPSA) is 43.3 Å². The highest BCUT2D eigenvalue weighted by Gasteiger charge is 2.05. The number of nitrogens with one attached hydrogen (secondary N) is 1. The molecule has 1 amide bonds. The highest BCUT2D eigenvalue weighted by molar-refractivity contribution is 5.80. The van der Waals surface area contributed by atoms with E-state index in [4.69, 9.17) is 4.74 Å². The Morgan fingerprint density at radius 1 is 1.13 bits per heavy atom. The van der Waals surface area contributed by atoms with Gasteiger partial charge in [0.2, 0.25) is 5.91 Å². The normalized spacial score (nSPS) is 10.7. The Morgan fingerprint density at radius 3 is 2.87 bits per heavy atom. The van der Waals surface area contributed by atoms with Crippen LogP contribution in [0.5, 0.6) is 5.75 Å². The summed E-state index contributed by atoms with van der Waals surface area (Å²) in [5.74, 6) is 0.795. The van der Waals surface area contributed by atoms with E-state index in [1.54, 1.807) is 7.11 Å². The van der Waals surface area contributed by atoms with Crippen molar-refractivity contribution in [1.82, 2.24) is 9.88 Å². The fraction of sp³-hybridized carbons (Fsp3) is 0.211. The molecule has 0 bridgehead atoms. The molecule has 3 rings (SSSR count). The molecule has 23 heavy (non-hydrogen) atoms. The predicted molar refractivity (Wildman–Crippen MR) is 91.6 cm³/mol. The molecule has 1 N–H and O–H groups in total. The van der Waals surface area contributed by atoms with Crippen LogP contribution >= 0.6 is 0 Å². The minimum Gasteiger partial charge on any atom is -0.497 e. The Hall–Kier alpha value is -2.75. The second kappa shape index (κ2) is 7.01. The van der Waals surface area contributed by atoms with Crippen LogP contribution in [-0.4, -0.2) is 24.1 Å². The number of aromatic nitrogens is 1. The molecule has 1 heterocycles. The van der Waals surface area contributed by atoms with E-state index in [2.05, 4.69) is 34.3 Å². The van der Waals surface area contributed by atoms with E-state index in [1.165, 1.54) is 10.9 Å². The van der Waals surface area contributed by atoms with Gasteiger partial charge in [0.15, 0.2) is 0 Å². The molecule has 0 spiro atoms. The van der Waals surface area contributed by atoms with Crippen molar-refractivity contribution < 1.29 is 9.53 Å². The first kappa shape index (κ1) is 15.2. The maximum Gasteiger partial charge on any atom is 0.224 e. The van der Waals surface area contributed by atoms with E-state index in [1.807, 2.05) is 36.4 Å². The second-order valence-corrected chi connectivity index (χ2v) is 5.45. The number of carbonyl (C=O) groups is 1. The molecule has 4 heteroatoms. The summed E-state index contributed by atoms with van der Waals surface area (Å²) in [6.07, 6.45) is 2.42. The van der Waals surface area contributed by atoms with Crippen molar-refractivity contribution in [3.8, 4) is 5.75 Å². The van der Waals surface area contributed by atoms with Crippen LogP contribution in [0.2, 0.25) is 0 Å². The standard InChI is InChI=1S/C19H20N2O2/c1-23-17-7-4-5-15(13-17)14-19(22)20-10-12-21-11-9-16-6-2-3-8-18(16)21/h2-9,11,13H,10,12,14H2,1H3,(H,20,22). The molecule has 4 nitrogen and oxygen atoms in total. The van der Waals surface area contributed by atoms with Gasteiger partial charge in [0.05, 0.1) is 13.5 Å². The SMILES string of the molecule is COc1cccc(CC(=O)NCCn2ccc3ccccc32)c1. The molecule has 2 aromatic carbocycles. The molecule has 0 radical (unpaired) electrons. The summed E-state index contributed by atoms with van der Waals surface area (Å²) >= 11 is 0. The van der Waals surface area contributed by atoms with Crippen LogP contribution in [0.15, 0.2) is 60.8 Å². The number of rotatable bonds is 6. The van der Waals surface area contributed by atoms with Gasteiger partial charge in [0, 0.05) is 24.8 Å². The van der Waals surface area contributed by atoms with Crippen LogP contribution in [0.3, 0.4) is 0 Å². The Kier molecular flexibility index (Phi) is 4.62. The van der Waals surface area contributed by atoms with Crippen LogP contribution in [0.1, 0.15) is 5.56 Å². The van der Waals surface area contributed by atoms with E-state index in [-0.39, 0.29) is 5.91 Å². The molecule has 0 aliphatic heterocycles. The number of benzene rings is 2. The third kappa shape index (κ3) is 3.72. The lowest BCUT2D eigenvalue weighted by Gasteiger charge is -2.08. The molecule has 0 fully saturated rings. The van der Waals surface area contributed by atoms with Crippen molar-refractivity contribution in [2.75, 3.05) is 13.7 Å². The number of methoxy groups -OCH3 is 1. The molecular weight excluding hydrogens is 288 g/mol. The number of carbonyl (C=O) groups excluding carboxylic acids is 1. The molecule has 0 aliphatic carbocycles. The number of hydrogen-bond acceptors (Lipinski definition) is 2. The van der Waals surface area contributed by atoms with Crippen LogP contribution in [0.25, 0.3) is 10.9 Å². The first-order valence-corrected chi connectivity index (χ1v) is 7.70. The summed E-state index contributed by atoms with van der Waals surface area (Å²) in [7, 11) is 1.63. The van der Waals surface area contributed by atoms with E-state index in [9.17, 15) is 4.79 Å². The second-order valence-electron chi connectivity index (χ2n) is 5.45. The van der Waals surface area contributed by atoms with Crippen LogP contribution in [-0.2, 0) is 17.8 Å². The maximum absolute atomic E-state index is 12.0. The van der Waals surface area contributed by atoms with Gasteiger partial charge >= 0.3 is 0 Å². The number of amides is 1. The molecule has 0 atom stereocenters. The highest BCUT2D eigenvalue weighted by atomic mass is 16.5. The molecule has 0 saturated heterocycles. The summed E-state index contributed by atoms with van der Waals surface area (Å²) < 4.78 is 7.33. The number of hydrogen-bond donors (Lipinski definition) is 1. The van der Waals surface area contributed by atoms with Crippen molar-refractivity contribution >= 4 is 16.8 Å². The minimum absolute atomic E-state index is 0.0229. The Labute approximate surface area is 135 Å². The van der Waals surface area contributed by atoms with Gasteiger partial charge in [-0.05, 0) is 35.2 Å². The fourth-order valence-corrected chi connectivity index (χ4v) is 2.68. The Bertz CT molecular complexity index is 808. The summed E-state index contributed by atoms with van der Waals surface area (Å²) in [5, 5.41) is 4.19. The van der Waals surface area contributed by atoms with Gasteiger partial charge in [-0.3, -0.25) is 4.79 Å². The largest absolute Gasteiger partial charge is 0.497 e. The first-order valence-electron chi connectivity index (χ1n) is 7.70. The number of ether oxygens (including phenoxy) is 1. The smallest absolute Gasteiger partial charge is 0.224 e. The number of nitrogens with zero attached hydrogens (tertiary/aromatic N) is 1. The Morgan fingerprint density at radius 2 is 2.00 bits per heavy atom. The lowest BCUT2D eigenvalue weighted by Crippen LogP contribution is -2.28. The average molecular weight is 308 g/mol. The van der Waals surface area contributed by atoms with Crippen LogP contribution in [0, 0.1) is 0 Å². The lowest BCUT2D eigenvalue weighted by atomic mass is 10.1. The van der Waals surface area contributed by atoms with Gasteiger partial charge in [0.1, 0.15) is 5.75 Å². The molecule has 0 aliphatic rings. The molecular formula is C19H20N2O2. The molecule has 1 aromatic heterocycles. The Balaban J connectivity index is 1.53. The zero-order valence-electron chi connectivity index (χ0n) is 13.2. The molecule has 118 valence electrons. The van der Waals surface area contributed by atoms with Crippen molar-refractivity contribution in [2.45, 2.75) is 13.0 Å². The fourth-order valence-electron chi connectivity index (χ4n) is 2.68. The summed E-state index contributed by atoms with van der Waals surface area (Å²) in [6, 6.07) is 17.9. The molecule has 0 unspecified atom stereocenters. The van der Waals surface area contributed by atoms with E-state index in [0.717, 1.165) is 17.9 Å². The van der Waals surface area contributed by atoms with Gasteiger partial charge in [-0.1, -0.05) is 30.3 Å². The van der Waals surface area contributed by atoms with Gasteiger partial charge in [-0.25, -0.2) is 0 Å². The van der Waals surface area contributed by atoms with Gasteiger partial charge in [0.25, 0.3) is 0 Å². The predicted octanol–water partition coefficient (Wildman–Crippen LogP) is 3.01. The average Bonchev–Trinajstić information content (AvgIpc) is 2.98. The number of fused-ring (bicyclic) bond motifs is 1. The van der Waals surface area contributed by atoms with Gasteiger partial charge in [-0.2, -0.15) is 0 Å². The van der Waals surface area contributed by atoms with Crippen molar-refractivity contribution in [3.63, 3.8) is 0 Å². The zero-order valence-corrected chi connectivity index (χ0v) is 13.2. The lowest BCUT2D eigenvalue weighted by molar-refractivity contribution is -0.120. The molecule has 3 aromatic rings. The first-order chi connectivity index (χ1) is 11.3. The number of para-hydroxylation sites is 1. The van der Waals surface area contributed by atoms with Crippen molar-refractivity contribution in [2.24, 2.45) is 0 Å². The minimum atomic E-state index is 0.0229. The third-order valence-corrected chi connectivity index (χ3v) is 3.85. The quantitative estimate of drug-likeness (QED) is 0.760.